The van der Waals surface area contributed by atoms with Gasteiger partial charge in [-0.1, -0.05) is 12.5 Å². The number of guanidine groups is 2. The number of nitrogens with zero attached hydrogens (tertiary/aromatic N) is 5. The van der Waals surface area contributed by atoms with E-state index in [9.17, 15) is 8.42 Å². The van der Waals surface area contributed by atoms with Gasteiger partial charge in [-0.2, -0.15) is 8.42 Å². The molecule has 29 heavy (non-hydrogen) atoms. The average Bonchev–Trinajstić information content (AvgIpc) is 2.70. The normalized spacial score (nSPS) is 23.9. The van der Waals surface area contributed by atoms with Gasteiger partial charge in [0.15, 0.2) is 11.5 Å². The van der Waals surface area contributed by atoms with Gasteiger partial charge in [0.1, 0.15) is 6.61 Å². The smallest absolute Gasteiger partial charge is 0.369 e. The molecule has 1 atom stereocenters. The van der Waals surface area contributed by atoms with E-state index in [0.717, 1.165) is 25.2 Å². The van der Waals surface area contributed by atoms with Crippen LogP contribution in [0.5, 0.6) is 11.5 Å². The van der Waals surface area contributed by atoms with E-state index in [0.29, 0.717) is 11.5 Å². The van der Waals surface area contributed by atoms with E-state index in [1.807, 2.05) is 12.1 Å². The summed E-state index contributed by atoms with van der Waals surface area (Å²) in [5.41, 5.74) is 6.87. The van der Waals surface area contributed by atoms with Crippen LogP contribution in [-0.4, -0.2) is 75.1 Å². The molecule has 4 rings (SSSR count). The molecule has 1 aromatic carbocycles. The zero-order chi connectivity index (χ0) is 20.6. The highest BCUT2D eigenvalue weighted by Gasteiger charge is 2.33. The van der Waals surface area contributed by atoms with Crippen molar-refractivity contribution in [2.24, 2.45) is 14.5 Å². The van der Waals surface area contributed by atoms with Crippen LogP contribution in [0.25, 0.3) is 0 Å². The van der Waals surface area contributed by atoms with Crippen LogP contribution < -0.4 is 15.2 Å². The molecule has 3 aliphatic rings. The second-order valence-electron chi connectivity index (χ2n) is 7.46. The molecule has 0 amide bonds. The molecule has 158 valence electrons. The van der Waals surface area contributed by atoms with Gasteiger partial charge in [0.2, 0.25) is 18.1 Å². The number of likely N-dealkylation sites (N-methyl/N-ethyl adjacent to an activating group) is 1. The molecule has 3 heterocycles. The summed E-state index contributed by atoms with van der Waals surface area (Å²) in [6, 6.07) is 5.97. The topological polar surface area (TPSA) is 113 Å². The van der Waals surface area contributed by atoms with E-state index < -0.39 is 16.4 Å². The second kappa shape index (κ2) is 7.71. The largest absolute Gasteiger partial charge is 0.484 e. The van der Waals surface area contributed by atoms with E-state index in [4.69, 9.17) is 15.2 Å². The Balaban J connectivity index is 1.50. The minimum Gasteiger partial charge on any atom is -0.484 e. The van der Waals surface area contributed by atoms with Crippen molar-refractivity contribution < 1.29 is 17.9 Å². The Morgan fingerprint density at radius 3 is 2.72 bits per heavy atom. The molecule has 1 unspecified atom stereocenters. The van der Waals surface area contributed by atoms with E-state index in [1.165, 1.54) is 24.2 Å². The lowest BCUT2D eigenvalue weighted by Crippen LogP contribution is -2.55. The molecule has 3 aliphatic heterocycles. The van der Waals surface area contributed by atoms with Crippen LogP contribution >= 0.6 is 0 Å². The first-order valence-corrected chi connectivity index (χ1v) is 11.0. The quantitative estimate of drug-likeness (QED) is 0.752. The van der Waals surface area contributed by atoms with E-state index in [1.54, 1.807) is 19.0 Å². The summed E-state index contributed by atoms with van der Waals surface area (Å²) in [7, 11) is -0.741. The summed E-state index contributed by atoms with van der Waals surface area (Å²) in [6.07, 6.45) is 3.22. The number of nitrogens with two attached hydrogens (primary N) is 1. The lowest BCUT2D eigenvalue weighted by atomic mass is 10.1. The lowest BCUT2D eigenvalue weighted by Gasteiger charge is -2.37. The molecule has 2 N–H and O–H groups in total. The van der Waals surface area contributed by atoms with Crippen LogP contribution in [-0.2, 0) is 16.8 Å². The molecule has 0 saturated carbocycles. The maximum atomic E-state index is 11.9. The summed E-state index contributed by atoms with van der Waals surface area (Å²) in [4.78, 5) is 5.42. The predicted molar refractivity (Wildman–Crippen MR) is 109 cm³/mol. The Morgan fingerprint density at radius 1 is 1.21 bits per heavy atom. The van der Waals surface area contributed by atoms with Gasteiger partial charge in [0, 0.05) is 20.6 Å². The molecule has 11 heteroatoms. The Kier molecular flexibility index (Phi) is 5.26. The Bertz CT molecular complexity index is 942. The number of likely N-dealkylation sites (tertiary alicyclic amines) is 1. The van der Waals surface area contributed by atoms with Crippen molar-refractivity contribution in [1.82, 2.24) is 14.7 Å². The third-order valence-electron chi connectivity index (χ3n) is 5.30. The minimum atomic E-state index is -4.02. The van der Waals surface area contributed by atoms with Crippen LogP contribution in [0.4, 0.5) is 0 Å². The van der Waals surface area contributed by atoms with Gasteiger partial charge >= 0.3 is 10.2 Å². The average molecular weight is 423 g/mol. The molecule has 0 aliphatic carbocycles. The molecular formula is C18H26N6O4S. The van der Waals surface area contributed by atoms with Gasteiger partial charge in [-0.3, -0.25) is 9.80 Å². The highest BCUT2D eigenvalue weighted by molar-refractivity contribution is 7.89. The Hall–Kier alpha value is -2.53. The van der Waals surface area contributed by atoms with Crippen molar-refractivity contribution in [2.75, 3.05) is 33.8 Å². The van der Waals surface area contributed by atoms with Crippen LogP contribution in [0.15, 0.2) is 27.0 Å². The predicted octanol–water partition coefficient (Wildman–Crippen LogP) is 0.563. The summed E-state index contributed by atoms with van der Waals surface area (Å²) in [5.74, 6) is 1.28. The molecular weight excluding hydrogens is 396 g/mol. The number of ether oxygens (including phenoxy) is 2. The molecule has 1 saturated heterocycles. The molecule has 0 spiro atoms. The van der Waals surface area contributed by atoms with Crippen molar-refractivity contribution >= 4 is 22.1 Å². The number of piperidine rings is 1. The van der Waals surface area contributed by atoms with Crippen LogP contribution in [0.2, 0.25) is 0 Å². The van der Waals surface area contributed by atoms with Crippen molar-refractivity contribution in [3.05, 3.63) is 23.8 Å². The molecule has 0 bridgehead atoms. The van der Waals surface area contributed by atoms with Crippen molar-refractivity contribution in [1.29, 1.82) is 0 Å². The first-order valence-electron chi connectivity index (χ1n) is 9.64. The minimum absolute atomic E-state index is 0.124. The zero-order valence-corrected chi connectivity index (χ0v) is 17.4. The van der Waals surface area contributed by atoms with Crippen LogP contribution in [0, 0.1) is 0 Å². The summed E-state index contributed by atoms with van der Waals surface area (Å²) in [5, 5.41) is 0. The van der Waals surface area contributed by atoms with E-state index >= 15 is 0 Å². The summed E-state index contributed by atoms with van der Waals surface area (Å²) < 4.78 is 42.8. The van der Waals surface area contributed by atoms with Crippen LogP contribution in [0.1, 0.15) is 24.8 Å². The molecule has 1 aromatic rings. The van der Waals surface area contributed by atoms with E-state index in [2.05, 4.69) is 19.8 Å². The van der Waals surface area contributed by atoms with Gasteiger partial charge in [-0.15, -0.1) is 8.80 Å². The standard InChI is InChI=1S/C18H26N6O4S/c1-22(18-21-29(25,26)20-17(19)23(18)2)16-12-27-14-7-6-13(10-15(14)28-16)11-24-8-4-3-5-9-24/h6-7,10,16H,3-5,8-9,11-12H2,1-2H3,(H2,19,20). The monoisotopic (exact) mass is 422 g/mol. The number of hydrogen-bond donors (Lipinski definition) is 1. The maximum absolute atomic E-state index is 11.9. The highest BCUT2D eigenvalue weighted by atomic mass is 32.2. The molecule has 0 radical (unpaired) electrons. The van der Waals surface area contributed by atoms with Crippen molar-refractivity contribution in [3.63, 3.8) is 0 Å². The van der Waals surface area contributed by atoms with Gasteiger partial charge in [0.25, 0.3) is 0 Å². The molecule has 1 fully saturated rings. The molecule has 0 aromatic heterocycles. The molecule has 10 nitrogen and oxygen atoms in total. The first-order chi connectivity index (χ1) is 13.8. The Labute approximate surface area is 170 Å². The number of benzene rings is 1. The van der Waals surface area contributed by atoms with Crippen LogP contribution in [0.3, 0.4) is 0 Å². The fourth-order valence-electron chi connectivity index (χ4n) is 3.67. The number of hydrogen-bond acceptors (Lipinski definition) is 8. The van der Waals surface area contributed by atoms with Crippen molar-refractivity contribution in [2.45, 2.75) is 32.0 Å². The fourth-order valence-corrected chi connectivity index (χ4v) is 4.52. The van der Waals surface area contributed by atoms with Gasteiger partial charge in [0.05, 0.1) is 0 Å². The third kappa shape index (κ3) is 4.25. The highest BCUT2D eigenvalue weighted by Crippen LogP contribution is 2.34. The van der Waals surface area contributed by atoms with Crippen molar-refractivity contribution in [3.8, 4) is 11.5 Å². The van der Waals surface area contributed by atoms with Gasteiger partial charge in [-0.05, 0) is 43.6 Å². The SMILES string of the molecule is CN1C(N)=NS(=O)(=O)N=C1N(C)C1COc2ccc(CN3CCCCC3)cc2O1. The summed E-state index contributed by atoms with van der Waals surface area (Å²) in [6.45, 7) is 3.32. The maximum Gasteiger partial charge on any atom is 0.369 e. The second-order valence-corrected chi connectivity index (χ2v) is 8.72. The van der Waals surface area contributed by atoms with Gasteiger partial charge in [-0.25, -0.2) is 0 Å². The zero-order valence-electron chi connectivity index (χ0n) is 16.6. The number of rotatable bonds is 3. The van der Waals surface area contributed by atoms with E-state index in [-0.39, 0.29) is 18.5 Å². The third-order valence-corrected chi connectivity index (χ3v) is 6.12. The first kappa shape index (κ1) is 19.8. The summed E-state index contributed by atoms with van der Waals surface area (Å²) >= 11 is 0. The fraction of sp³-hybridized carbons (Fsp3) is 0.556. The lowest BCUT2D eigenvalue weighted by molar-refractivity contribution is 0.0152. The number of fused-ring (bicyclic) bond motifs is 1. The Morgan fingerprint density at radius 2 is 1.97 bits per heavy atom. The van der Waals surface area contributed by atoms with Gasteiger partial charge < -0.3 is 20.1 Å².